The van der Waals surface area contributed by atoms with Gasteiger partial charge in [0.1, 0.15) is 11.6 Å². The maximum Gasteiger partial charge on any atom is 0.104 e. The molecule has 14 rings (SSSR count). The Balaban J connectivity index is 1.12. The molecule has 0 bridgehead atoms. The molecule has 0 radical (unpaired) electrons. The van der Waals surface area contributed by atoms with E-state index in [2.05, 4.69) is 305 Å². The lowest BCUT2D eigenvalue weighted by atomic mass is 9.91. The van der Waals surface area contributed by atoms with Gasteiger partial charge >= 0.3 is 0 Å². The molecule has 3 heterocycles. The van der Waals surface area contributed by atoms with E-state index < -0.39 is 0 Å². The van der Waals surface area contributed by atoms with Gasteiger partial charge in [0.15, 0.2) is 0 Å². The Morgan fingerprint density at radius 3 is 0.795 bits per heavy atom. The summed E-state index contributed by atoms with van der Waals surface area (Å²) in [6.07, 6.45) is 0. The van der Waals surface area contributed by atoms with Crippen LogP contribution in [0.25, 0.3) is 133 Å². The lowest BCUT2D eigenvalue weighted by molar-refractivity contribution is 1.12. The van der Waals surface area contributed by atoms with Gasteiger partial charge in [0, 0.05) is 32.7 Å². The number of hydrogen-bond donors (Lipinski definition) is 0. The molecule has 0 spiro atoms. The number of nitrogens with zero attached hydrogens (tertiary/aromatic N) is 4. The fraction of sp³-hybridized carbons (Fsp3) is 0.143. The van der Waals surface area contributed by atoms with Crippen LogP contribution in [-0.2, 0) is 0 Å². The van der Waals surface area contributed by atoms with Gasteiger partial charge in [-0.05, 0) is 256 Å². The van der Waals surface area contributed by atoms with Crippen molar-refractivity contribution < 1.29 is 0 Å². The molecular formula is C84H70N4. The second-order valence-corrected chi connectivity index (χ2v) is 25.1. The third kappa shape index (κ3) is 9.41. The summed E-state index contributed by atoms with van der Waals surface area (Å²) in [6.45, 7) is 26.5. The van der Waals surface area contributed by atoms with Crippen LogP contribution < -0.4 is 0 Å². The smallest absolute Gasteiger partial charge is 0.104 e. The quantitative estimate of drug-likeness (QED) is 0.145. The zero-order valence-electron chi connectivity index (χ0n) is 52.4. The SMILES string of the molecule is Cc1cc(C)c(-c2ccc3c(c2)c2cc(-c4c(C)cc(C)cc4C)ccc2n3-c2cc(-c3cc(-c4ccccc4)nc(-c4ccccc4)c3)cc(-n3c4ccc(-c5c(C)cc(C)cc5C)cc4c4cc(-c5c(C)cc(C)cc5C)ccc43)c2C#N)c(C)c1. The van der Waals surface area contributed by atoms with Gasteiger partial charge in [-0.1, -0.05) is 156 Å². The summed E-state index contributed by atoms with van der Waals surface area (Å²) in [4.78, 5) is 5.38. The highest BCUT2D eigenvalue weighted by Gasteiger charge is 2.26. The van der Waals surface area contributed by atoms with Gasteiger partial charge in [-0.3, -0.25) is 0 Å². The first-order valence-corrected chi connectivity index (χ1v) is 30.7. The summed E-state index contributed by atoms with van der Waals surface area (Å²) in [5, 5.41) is 16.8. The Morgan fingerprint density at radius 1 is 0.273 bits per heavy atom. The molecule has 11 aromatic carbocycles. The van der Waals surface area contributed by atoms with E-state index >= 15 is 0 Å². The van der Waals surface area contributed by atoms with Crippen molar-refractivity contribution in [1.82, 2.24) is 14.1 Å². The summed E-state index contributed by atoms with van der Waals surface area (Å²) in [5.74, 6) is 0. The molecule has 0 atom stereocenters. The lowest BCUT2D eigenvalue weighted by Gasteiger charge is -2.19. The van der Waals surface area contributed by atoms with Crippen molar-refractivity contribution in [3.05, 3.63) is 279 Å². The molecule has 88 heavy (non-hydrogen) atoms. The van der Waals surface area contributed by atoms with Crippen LogP contribution >= 0.6 is 0 Å². The summed E-state index contributed by atoms with van der Waals surface area (Å²) in [6, 6.07) is 79.1. The minimum Gasteiger partial charge on any atom is -0.308 e. The van der Waals surface area contributed by atoms with E-state index in [1.54, 1.807) is 0 Å². The Kier molecular flexibility index (Phi) is 13.6. The predicted molar refractivity (Wildman–Crippen MR) is 373 cm³/mol. The first kappa shape index (κ1) is 55.5. The molecule has 0 aliphatic rings. The largest absolute Gasteiger partial charge is 0.308 e. The van der Waals surface area contributed by atoms with E-state index in [9.17, 15) is 5.26 Å². The van der Waals surface area contributed by atoms with Crippen LogP contribution in [-0.4, -0.2) is 14.1 Å². The molecule has 4 heteroatoms. The van der Waals surface area contributed by atoms with E-state index in [1.165, 1.54) is 111 Å². The highest BCUT2D eigenvalue weighted by atomic mass is 15.0. The maximum absolute atomic E-state index is 12.4. The second-order valence-electron chi connectivity index (χ2n) is 25.1. The van der Waals surface area contributed by atoms with Gasteiger partial charge in [-0.15, -0.1) is 0 Å². The Labute approximate surface area is 517 Å². The topological polar surface area (TPSA) is 46.5 Å². The number of aryl methyl sites for hydroxylation is 12. The molecular weight excluding hydrogens is 1060 g/mol. The fourth-order valence-corrected chi connectivity index (χ4v) is 15.2. The Morgan fingerprint density at radius 2 is 0.534 bits per heavy atom. The zero-order chi connectivity index (χ0) is 61.0. The van der Waals surface area contributed by atoms with Crippen molar-refractivity contribution in [1.29, 1.82) is 5.26 Å². The molecule has 0 amide bonds. The molecule has 0 aliphatic heterocycles. The fourth-order valence-electron chi connectivity index (χ4n) is 15.2. The van der Waals surface area contributed by atoms with Crippen molar-refractivity contribution >= 4 is 43.6 Å². The average molecular weight is 1140 g/mol. The van der Waals surface area contributed by atoms with Crippen LogP contribution in [0.4, 0.5) is 0 Å². The van der Waals surface area contributed by atoms with Gasteiger partial charge in [0.2, 0.25) is 0 Å². The zero-order valence-corrected chi connectivity index (χ0v) is 52.4. The molecule has 0 saturated carbocycles. The van der Waals surface area contributed by atoms with Gasteiger partial charge in [0.25, 0.3) is 0 Å². The van der Waals surface area contributed by atoms with Crippen LogP contribution in [0.15, 0.2) is 206 Å². The van der Waals surface area contributed by atoms with Gasteiger partial charge < -0.3 is 9.13 Å². The lowest BCUT2D eigenvalue weighted by Crippen LogP contribution is -2.05. The molecule has 4 nitrogen and oxygen atoms in total. The number of benzene rings is 11. The van der Waals surface area contributed by atoms with Crippen LogP contribution in [0.2, 0.25) is 0 Å². The summed E-state index contributed by atoms with van der Waals surface area (Å²) in [7, 11) is 0. The first-order valence-electron chi connectivity index (χ1n) is 30.7. The first-order chi connectivity index (χ1) is 42.5. The third-order valence-electron chi connectivity index (χ3n) is 18.4. The van der Waals surface area contributed by atoms with Crippen molar-refractivity contribution in [2.24, 2.45) is 0 Å². The van der Waals surface area contributed by atoms with Crippen molar-refractivity contribution in [2.75, 3.05) is 0 Å². The predicted octanol–water partition coefficient (Wildman–Crippen LogP) is 22.5. The molecule has 14 aromatic rings. The molecule has 0 unspecified atom stereocenters. The molecule has 0 saturated heterocycles. The standard InChI is InChI=1S/C84H70N4/c1-48-31-52(5)81(53(6)32-48)62-23-27-75-68(39-62)69-40-63(82-54(7)33-49(2)34-55(82)8)24-28-76(69)87(75)79-45-67(66-43-73(60-19-15-13-16-20-60)86-74(44-66)61-21-17-14-18-22-61)46-80(72(79)47-85)88-77-29-25-64(83-56(9)35-50(3)36-57(83)10)41-70(77)71-42-65(26-30-78(71)88)84-58(11)37-51(4)38-59(84)12/h13-46H,1-12H3. The summed E-state index contributed by atoms with van der Waals surface area (Å²) < 4.78 is 4.75. The number of pyridine rings is 1. The number of hydrogen-bond acceptors (Lipinski definition) is 2. The van der Waals surface area contributed by atoms with Crippen molar-refractivity contribution in [3.63, 3.8) is 0 Å². The number of aromatic nitrogens is 3. The molecule has 0 N–H and O–H groups in total. The minimum absolute atomic E-state index is 0.564. The number of nitriles is 1. The Hall–Kier alpha value is -10.3. The van der Waals surface area contributed by atoms with E-state index in [0.717, 1.165) is 88.6 Å². The number of rotatable bonds is 9. The van der Waals surface area contributed by atoms with E-state index in [0.29, 0.717) is 5.56 Å². The van der Waals surface area contributed by atoms with Crippen LogP contribution in [0.1, 0.15) is 72.3 Å². The average Bonchev–Trinajstić information content (AvgIpc) is 1.57. The minimum atomic E-state index is 0.564. The second kappa shape index (κ2) is 21.6. The van der Waals surface area contributed by atoms with Gasteiger partial charge in [-0.2, -0.15) is 5.26 Å². The van der Waals surface area contributed by atoms with E-state index in [1.807, 2.05) is 0 Å². The van der Waals surface area contributed by atoms with Crippen LogP contribution in [0, 0.1) is 94.4 Å². The highest BCUT2D eigenvalue weighted by molar-refractivity contribution is 6.14. The molecule has 0 aliphatic carbocycles. The Bertz CT molecular complexity index is 4630. The normalized spacial score (nSPS) is 11.6. The van der Waals surface area contributed by atoms with Gasteiger partial charge in [-0.25, -0.2) is 4.98 Å². The van der Waals surface area contributed by atoms with Gasteiger partial charge in [0.05, 0.1) is 44.8 Å². The van der Waals surface area contributed by atoms with E-state index in [-0.39, 0.29) is 0 Å². The maximum atomic E-state index is 12.4. The third-order valence-corrected chi connectivity index (χ3v) is 18.4. The summed E-state index contributed by atoms with van der Waals surface area (Å²) in [5.41, 5.74) is 36.6. The van der Waals surface area contributed by atoms with E-state index in [4.69, 9.17) is 4.98 Å². The molecule has 426 valence electrons. The number of fused-ring (bicyclic) bond motifs is 6. The van der Waals surface area contributed by atoms with Crippen LogP contribution in [0.5, 0.6) is 0 Å². The molecule has 0 fully saturated rings. The van der Waals surface area contributed by atoms with Crippen LogP contribution in [0.3, 0.4) is 0 Å². The van der Waals surface area contributed by atoms with Crippen molar-refractivity contribution in [2.45, 2.75) is 83.1 Å². The highest BCUT2D eigenvalue weighted by Crippen LogP contribution is 2.46. The van der Waals surface area contributed by atoms with Crippen molar-refractivity contribution in [3.8, 4) is 95.6 Å². The summed E-state index contributed by atoms with van der Waals surface area (Å²) >= 11 is 0. The monoisotopic (exact) mass is 1130 g/mol. The molecule has 3 aromatic heterocycles.